The number of hydroxylamine groups is 1. The minimum absolute atomic E-state index is 0.0660. The predicted molar refractivity (Wildman–Crippen MR) is 127 cm³/mol. The van der Waals surface area contributed by atoms with Gasteiger partial charge in [0.15, 0.2) is 0 Å². The van der Waals surface area contributed by atoms with Gasteiger partial charge in [0.05, 0.1) is 12.9 Å². The minimum atomic E-state index is -3.49. The maximum Gasteiger partial charge on any atom is 0.243 e. The van der Waals surface area contributed by atoms with Crippen molar-refractivity contribution >= 4 is 22.0 Å². The van der Waals surface area contributed by atoms with Crippen LogP contribution in [-0.2, 0) is 26.3 Å². The van der Waals surface area contributed by atoms with E-state index in [-0.39, 0.29) is 24.9 Å². The summed E-state index contributed by atoms with van der Waals surface area (Å²) in [4.78, 5) is 21.2. The van der Waals surface area contributed by atoms with Gasteiger partial charge in [-0.2, -0.15) is 0 Å². The molecule has 0 radical (unpaired) electrons. The molecular weight excluding hydrogens is 445 g/mol. The third kappa shape index (κ3) is 11.7. The largest absolute Gasteiger partial charge is 0.353 e. The van der Waals surface area contributed by atoms with Gasteiger partial charge in [-0.05, 0) is 48.2 Å². The van der Waals surface area contributed by atoms with Gasteiger partial charge in [-0.3, -0.25) is 14.6 Å². The van der Waals surface area contributed by atoms with E-state index in [4.69, 9.17) is 4.84 Å². The molecule has 0 unspecified atom stereocenters. The lowest BCUT2D eigenvalue weighted by Crippen LogP contribution is -2.31. The number of amides is 1. The second-order valence-corrected chi connectivity index (χ2v) is 9.59. The number of carbonyl (C=O) groups is 1. The Kier molecular flexibility index (Phi) is 11.7. The van der Waals surface area contributed by atoms with Crippen molar-refractivity contribution in [2.24, 2.45) is 0 Å². The molecule has 2 rings (SSSR count). The normalized spacial score (nSPS) is 11.8. The number of nitrogens with zero attached hydrogens (tertiary/aromatic N) is 2. The monoisotopic (exact) mass is 477 g/mol. The van der Waals surface area contributed by atoms with Gasteiger partial charge in [-0.1, -0.05) is 48.4 Å². The number of benzene rings is 1. The molecule has 0 bridgehead atoms. The van der Waals surface area contributed by atoms with Crippen molar-refractivity contribution in [3.8, 4) is 0 Å². The van der Waals surface area contributed by atoms with Crippen molar-refractivity contribution in [2.45, 2.75) is 45.1 Å². The fourth-order valence-corrected chi connectivity index (χ4v) is 3.75. The molecule has 0 atom stereocenters. The molecule has 1 N–H and O–H groups in total. The van der Waals surface area contributed by atoms with Gasteiger partial charge in [-0.25, -0.2) is 12.8 Å². The van der Waals surface area contributed by atoms with Crippen molar-refractivity contribution < 1.29 is 22.4 Å². The molecule has 0 spiro atoms. The van der Waals surface area contributed by atoms with Gasteiger partial charge < -0.3 is 5.32 Å². The van der Waals surface area contributed by atoms with Crippen LogP contribution >= 0.6 is 0 Å². The summed E-state index contributed by atoms with van der Waals surface area (Å²) in [5, 5.41) is 2.86. The van der Waals surface area contributed by atoms with E-state index in [2.05, 4.69) is 10.3 Å². The third-order valence-corrected chi connectivity index (χ3v) is 5.86. The number of hydrogen-bond acceptors (Lipinski definition) is 5. The number of aromatic nitrogens is 1. The fourth-order valence-electron chi connectivity index (χ4n) is 3.04. The van der Waals surface area contributed by atoms with Crippen molar-refractivity contribution in [3.63, 3.8) is 0 Å². The minimum Gasteiger partial charge on any atom is -0.353 e. The summed E-state index contributed by atoms with van der Waals surface area (Å²) in [7, 11) is -3.49. The van der Waals surface area contributed by atoms with Crippen molar-refractivity contribution in [3.05, 3.63) is 71.8 Å². The highest BCUT2D eigenvalue weighted by Gasteiger charge is 2.17. The zero-order chi connectivity index (χ0) is 23.9. The highest BCUT2D eigenvalue weighted by molar-refractivity contribution is 7.88. The molecule has 1 aromatic heterocycles. The molecule has 0 saturated carbocycles. The van der Waals surface area contributed by atoms with E-state index in [9.17, 15) is 17.6 Å². The smallest absolute Gasteiger partial charge is 0.243 e. The van der Waals surface area contributed by atoms with Crippen LogP contribution in [0.2, 0.25) is 0 Å². The first-order valence-corrected chi connectivity index (χ1v) is 12.9. The number of rotatable bonds is 15. The van der Waals surface area contributed by atoms with E-state index in [1.807, 2.05) is 12.1 Å². The van der Waals surface area contributed by atoms with E-state index in [1.54, 1.807) is 30.6 Å². The van der Waals surface area contributed by atoms with E-state index in [0.717, 1.165) is 48.4 Å². The Hall–Kier alpha value is -2.62. The molecule has 1 amide bonds. The Balaban J connectivity index is 1.53. The summed E-state index contributed by atoms with van der Waals surface area (Å²) in [6.45, 7) is 0.963. The van der Waals surface area contributed by atoms with Gasteiger partial charge in [0.25, 0.3) is 0 Å². The molecule has 1 heterocycles. The quantitative estimate of drug-likeness (QED) is 0.237. The predicted octanol–water partition coefficient (Wildman–Crippen LogP) is 4.08. The summed E-state index contributed by atoms with van der Waals surface area (Å²) in [6, 6.07) is 9.45. The summed E-state index contributed by atoms with van der Waals surface area (Å²) >= 11 is 0. The Morgan fingerprint density at radius 2 is 1.79 bits per heavy atom. The maximum atomic E-state index is 13.0. The Labute approximate surface area is 195 Å². The van der Waals surface area contributed by atoms with Gasteiger partial charge in [0.2, 0.25) is 15.9 Å². The first-order chi connectivity index (χ1) is 15.8. The van der Waals surface area contributed by atoms with Crippen LogP contribution in [0.1, 0.15) is 49.7 Å². The lowest BCUT2D eigenvalue weighted by Gasteiger charge is -2.19. The molecule has 0 fully saturated rings. The molecule has 0 aliphatic heterocycles. The molecule has 33 heavy (non-hydrogen) atoms. The van der Waals surface area contributed by atoms with Crippen LogP contribution in [0, 0.1) is 5.82 Å². The lowest BCUT2D eigenvalue weighted by atomic mass is 10.1. The van der Waals surface area contributed by atoms with Gasteiger partial charge in [-0.15, -0.1) is 0 Å². The highest BCUT2D eigenvalue weighted by atomic mass is 32.2. The van der Waals surface area contributed by atoms with Gasteiger partial charge in [0.1, 0.15) is 5.82 Å². The SMILES string of the molecule is CS(=O)(=O)N(CCCCCCCCNC(=O)/C=C/c1cccnc1)OCc1ccc(F)cc1. The van der Waals surface area contributed by atoms with Crippen LogP contribution in [0.5, 0.6) is 0 Å². The number of halogens is 1. The van der Waals surface area contributed by atoms with Crippen molar-refractivity contribution in [2.75, 3.05) is 19.3 Å². The van der Waals surface area contributed by atoms with Gasteiger partial charge >= 0.3 is 0 Å². The fraction of sp³-hybridized carbons (Fsp3) is 0.417. The molecule has 9 heteroatoms. The highest BCUT2D eigenvalue weighted by Crippen LogP contribution is 2.11. The number of carbonyl (C=O) groups excluding carboxylic acids is 1. The average Bonchev–Trinajstić information content (AvgIpc) is 2.79. The molecule has 1 aromatic carbocycles. The van der Waals surface area contributed by atoms with E-state index in [1.165, 1.54) is 18.2 Å². The Bertz CT molecular complexity index is 967. The van der Waals surface area contributed by atoms with Crippen LogP contribution in [0.15, 0.2) is 54.9 Å². The molecule has 0 aliphatic carbocycles. The first kappa shape index (κ1) is 26.6. The maximum absolute atomic E-state index is 13.0. The van der Waals surface area contributed by atoms with Crippen LogP contribution in [0.3, 0.4) is 0 Å². The second-order valence-electron chi connectivity index (χ2n) is 7.72. The van der Waals surface area contributed by atoms with Crippen LogP contribution in [0.25, 0.3) is 6.08 Å². The first-order valence-electron chi connectivity index (χ1n) is 11.1. The number of sulfonamides is 1. The van der Waals surface area contributed by atoms with Gasteiger partial charge in [0, 0.05) is 31.6 Å². The zero-order valence-electron chi connectivity index (χ0n) is 19.0. The number of unbranched alkanes of at least 4 members (excludes halogenated alkanes) is 5. The summed E-state index contributed by atoms with van der Waals surface area (Å²) in [5.74, 6) is -0.473. The van der Waals surface area contributed by atoms with E-state index < -0.39 is 10.0 Å². The zero-order valence-corrected chi connectivity index (χ0v) is 19.8. The molecular formula is C24H32FN3O4S. The lowest BCUT2D eigenvalue weighted by molar-refractivity contribution is -0.116. The summed E-state index contributed by atoms with van der Waals surface area (Å²) in [6.07, 6.45) is 13.2. The molecule has 0 saturated heterocycles. The topological polar surface area (TPSA) is 88.6 Å². The molecule has 0 aliphatic rings. The second kappa shape index (κ2) is 14.5. The Morgan fingerprint density at radius 3 is 2.45 bits per heavy atom. The molecule has 180 valence electrons. The van der Waals surface area contributed by atoms with Crippen molar-refractivity contribution in [1.82, 2.24) is 14.8 Å². The molecule has 7 nitrogen and oxygen atoms in total. The van der Waals surface area contributed by atoms with Crippen LogP contribution in [0.4, 0.5) is 4.39 Å². The van der Waals surface area contributed by atoms with Crippen molar-refractivity contribution in [1.29, 1.82) is 0 Å². The van der Waals surface area contributed by atoms with E-state index >= 15 is 0 Å². The summed E-state index contributed by atoms with van der Waals surface area (Å²) in [5.41, 5.74) is 1.58. The number of hydrogen-bond donors (Lipinski definition) is 1. The van der Waals surface area contributed by atoms with E-state index in [0.29, 0.717) is 18.5 Å². The number of pyridine rings is 1. The number of nitrogens with one attached hydrogen (secondary N) is 1. The average molecular weight is 478 g/mol. The van der Waals surface area contributed by atoms with Crippen LogP contribution in [-0.4, -0.2) is 43.1 Å². The Morgan fingerprint density at radius 1 is 1.09 bits per heavy atom. The van der Waals surface area contributed by atoms with Crippen LogP contribution < -0.4 is 5.32 Å². The third-order valence-electron chi connectivity index (χ3n) is 4.84. The molecule has 2 aromatic rings. The summed E-state index contributed by atoms with van der Waals surface area (Å²) < 4.78 is 37.8. The standard InChI is InChI=1S/C24H32FN3O4S/c1-33(30,31)28(32-20-22-10-13-23(25)14-11-22)18-7-5-3-2-4-6-17-27-24(29)15-12-21-9-8-16-26-19-21/h8-16,19H,2-7,17-18,20H2,1H3,(H,27,29)/b15-12+.